The van der Waals surface area contributed by atoms with Crippen LogP contribution in [0.25, 0.3) is 0 Å². The van der Waals surface area contributed by atoms with E-state index in [1.54, 1.807) is 19.1 Å². The Morgan fingerprint density at radius 1 is 1.45 bits per heavy atom. The molecular weight excluding hydrogens is 263 g/mol. The number of hydrogen-bond donors (Lipinski definition) is 2. The van der Waals surface area contributed by atoms with Crippen molar-refractivity contribution in [1.29, 1.82) is 0 Å². The Morgan fingerprint density at radius 2 is 2.20 bits per heavy atom. The molecule has 0 spiro atoms. The third kappa shape index (κ3) is 3.31. The lowest BCUT2D eigenvalue weighted by molar-refractivity contribution is -0.136. The molecule has 108 valence electrons. The number of hydrogen-bond acceptors (Lipinski definition) is 3. The maximum absolute atomic E-state index is 13.7. The Morgan fingerprint density at radius 3 is 2.90 bits per heavy atom. The third-order valence-electron chi connectivity index (χ3n) is 3.49. The van der Waals surface area contributed by atoms with Gasteiger partial charge in [0.15, 0.2) is 0 Å². The van der Waals surface area contributed by atoms with Crippen LogP contribution < -0.4 is 10.6 Å². The molecule has 1 fully saturated rings. The lowest BCUT2D eigenvalue weighted by atomic mass is 10.0. The highest BCUT2D eigenvalue weighted by molar-refractivity contribution is 6.04. The number of piperidine rings is 1. The van der Waals surface area contributed by atoms with E-state index >= 15 is 0 Å². The number of alkyl halides is 1. The van der Waals surface area contributed by atoms with Crippen LogP contribution in [0.2, 0.25) is 0 Å². The molecule has 20 heavy (non-hydrogen) atoms. The van der Waals surface area contributed by atoms with Gasteiger partial charge in [-0.25, -0.2) is 4.39 Å². The first kappa shape index (κ1) is 14.4. The van der Waals surface area contributed by atoms with Gasteiger partial charge in [0.05, 0.1) is 0 Å². The minimum Gasteiger partial charge on any atom is -0.340 e. The van der Waals surface area contributed by atoms with Crippen molar-refractivity contribution in [2.24, 2.45) is 5.92 Å². The predicted molar refractivity (Wildman–Crippen MR) is 70.2 cm³/mol. The van der Waals surface area contributed by atoms with Gasteiger partial charge in [-0.15, -0.1) is 0 Å². The molecule has 0 aromatic heterocycles. The van der Waals surface area contributed by atoms with E-state index in [9.17, 15) is 18.8 Å². The molecule has 3 unspecified atom stereocenters. The lowest BCUT2D eigenvalue weighted by Gasteiger charge is -2.22. The van der Waals surface area contributed by atoms with Gasteiger partial charge in [0.1, 0.15) is 12.2 Å². The maximum atomic E-state index is 13.7. The molecule has 1 heterocycles. The molecule has 3 atom stereocenters. The van der Waals surface area contributed by atoms with Crippen LogP contribution in [-0.2, 0) is 14.4 Å². The van der Waals surface area contributed by atoms with Crippen LogP contribution in [-0.4, -0.2) is 29.9 Å². The number of halogens is 1. The van der Waals surface area contributed by atoms with Crippen molar-refractivity contribution in [3.63, 3.8) is 0 Å². The number of carbonyl (C=O) groups is 3. The molecular formula is C14H17FN2O3. The van der Waals surface area contributed by atoms with Gasteiger partial charge >= 0.3 is 0 Å². The fraction of sp³-hybridized carbons (Fsp3) is 0.500. The largest absolute Gasteiger partial charge is 0.340 e. The molecule has 6 heteroatoms. The minimum atomic E-state index is -1.19. The second kappa shape index (κ2) is 5.98. The lowest BCUT2D eigenvalue weighted by Crippen LogP contribution is -2.52. The van der Waals surface area contributed by atoms with Crippen molar-refractivity contribution in [3.8, 4) is 0 Å². The minimum absolute atomic E-state index is 0.174. The number of imide groups is 1. The molecule has 0 radical (unpaired) electrons. The normalized spacial score (nSPS) is 30.3. The van der Waals surface area contributed by atoms with Gasteiger partial charge in [-0.2, -0.15) is 0 Å². The van der Waals surface area contributed by atoms with Crippen LogP contribution in [0.5, 0.6) is 0 Å². The SMILES string of the molecule is CC1CC=CC(C(=O)NC2CCC(=O)NC2=O)=CC1F. The molecule has 0 aromatic carbocycles. The maximum Gasteiger partial charge on any atom is 0.251 e. The molecule has 0 bridgehead atoms. The quantitative estimate of drug-likeness (QED) is 0.734. The molecule has 1 saturated heterocycles. The van der Waals surface area contributed by atoms with Gasteiger partial charge in [0.25, 0.3) is 5.91 Å². The highest BCUT2D eigenvalue weighted by atomic mass is 19.1. The zero-order valence-corrected chi connectivity index (χ0v) is 11.2. The smallest absolute Gasteiger partial charge is 0.251 e. The van der Waals surface area contributed by atoms with E-state index in [-0.39, 0.29) is 30.2 Å². The van der Waals surface area contributed by atoms with Gasteiger partial charge in [0.2, 0.25) is 11.8 Å². The van der Waals surface area contributed by atoms with Crippen molar-refractivity contribution in [2.75, 3.05) is 0 Å². The van der Waals surface area contributed by atoms with Crippen molar-refractivity contribution < 1.29 is 18.8 Å². The van der Waals surface area contributed by atoms with Crippen LogP contribution in [0.4, 0.5) is 4.39 Å². The summed E-state index contributed by atoms with van der Waals surface area (Å²) in [6.45, 7) is 1.77. The van der Waals surface area contributed by atoms with E-state index in [0.717, 1.165) is 0 Å². The summed E-state index contributed by atoms with van der Waals surface area (Å²) in [5.74, 6) is -1.52. The van der Waals surface area contributed by atoms with Gasteiger partial charge in [-0.3, -0.25) is 19.7 Å². The molecule has 2 rings (SSSR count). The molecule has 1 aliphatic heterocycles. The summed E-state index contributed by atoms with van der Waals surface area (Å²) in [6, 6.07) is -0.742. The highest BCUT2D eigenvalue weighted by Crippen LogP contribution is 2.20. The highest BCUT2D eigenvalue weighted by Gasteiger charge is 2.29. The Balaban J connectivity index is 2.03. The molecule has 2 N–H and O–H groups in total. The van der Waals surface area contributed by atoms with E-state index in [0.29, 0.717) is 6.42 Å². The number of rotatable bonds is 2. The zero-order valence-electron chi connectivity index (χ0n) is 11.2. The summed E-state index contributed by atoms with van der Waals surface area (Å²) in [5, 5.41) is 4.69. The summed E-state index contributed by atoms with van der Waals surface area (Å²) in [5.41, 5.74) is 0.214. The van der Waals surface area contributed by atoms with Crippen molar-refractivity contribution in [1.82, 2.24) is 10.6 Å². The fourth-order valence-corrected chi connectivity index (χ4v) is 2.16. The van der Waals surface area contributed by atoms with Gasteiger partial charge in [0, 0.05) is 12.0 Å². The molecule has 2 aliphatic rings. The van der Waals surface area contributed by atoms with Crippen LogP contribution in [0.3, 0.4) is 0 Å². The Hall–Kier alpha value is -1.98. The first-order chi connectivity index (χ1) is 9.47. The molecule has 0 saturated carbocycles. The monoisotopic (exact) mass is 280 g/mol. The molecule has 1 aliphatic carbocycles. The van der Waals surface area contributed by atoms with Gasteiger partial charge < -0.3 is 5.32 Å². The van der Waals surface area contributed by atoms with Gasteiger partial charge in [-0.1, -0.05) is 19.1 Å². The number of allylic oxidation sites excluding steroid dienone is 2. The molecule has 5 nitrogen and oxygen atoms in total. The fourth-order valence-electron chi connectivity index (χ4n) is 2.16. The van der Waals surface area contributed by atoms with Crippen LogP contribution in [0.1, 0.15) is 26.2 Å². The van der Waals surface area contributed by atoms with Crippen molar-refractivity contribution >= 4 is 17.7 Å². The van der Waals surface area contributed by atoms with Crippen molar-refractivity contribution in [2.45, 2.75) is 38.4 Å². The van der Waals surface area contributed by atoms with Crippen LogP contribution >= 0.6 is 0 Å². The third-order valence-corrected chi connectivity index (χ3v) is 3.49. The molecule has 3 amide bonds. The first-order valence-electron chi connectivity index (χ1n) is 6.64. The summed E-state index contributed by atoms with van der Waals surface area (Å²) >= 11 is 0. The van der Waals surface area contributed by atoms with Gasteiger partial charge in [-0.05, 0) is 24.8 Å². The van der Waals surface area contributed by atoms with E-state index < -0.39 is 24.0 Å². The zero-order chi connectivity index (χ0) is 14.7. The first-order valence-corrected chi connectivity index (χ1v) is 6.64. The average molecular weight is 280 g/mol. The Kier molecular flexibility index (Phi) is 4.32. The topological polar surface area (TPSA) is 75.3 Å². The number of amides is 3. The van der Waals surface area contributed by atoms with E-state index in [1.807, 2.05) is 0 Å². The average Bonchev–Trinajstić information content (AvgIpc) is 2.55. The van der Waals surface area contributed by atoms with E-state index in [2.05, 4.69) is 10.6 Å². The number of nitrogens with one attached hydrogen (secondary N) is 2. The summed E-state index contributed by atoms with van der Waals surface area (Å²) < 4.78 is 13.7. The second-order valence-corrected chi connectivity index (χ2v) is 5.16. The second-order valence-electron chi connectivity index (χ2n) is 5.16. The van der Waals surface area contributed by atoms with Crippen molar-refractivity contribution in [3.05, 3.63) is 23.8 Å². The van der Waals surface area contributed by atoms with E-state index in [4.69, 9.17) is 0 Å². The van der Waals surface area contributed by atoms with Crippen LogP contribution in [0, 0.1) is 5.92 Å². The van der Waals surface area contributed by atoms with E-state index in [1.165, 1.54) is 6.08 Å². The summed E-state index contributed by atoms with van der Waals surface area (Å²) in [4.78, 5) is 34.6. The summed E-state index contributed by atoms with van der Waals surface area (Å²) in [6.07, 6.45) is 4.42. The van der Waals surface area contributed by atoms with Crippen LogP contribution in [0.15, 0.2) is 23.8 Å². The number of carbonyl (C=O) groups excluding carboxylic acids is 3. The predicted octanol–water partition coefficient (Wildman–Crippen LogP) is 0.768. The molecule has 0 aromatic rings. The Bertz CT molecular complexity index is 499. The summed E-state index contributed by atoms with van der Waals surface area (Å²) in [7, 11) is 0. The standard InChI is InChI=1S/C14H17FN2O3/c1-8-3-2-4-9(7-10(8)15)13(19)16-11-5-6-12(18)17-14(11)20/h2,4,7-8,10-11H,3,5-6H2,1H3,(H,16,19)(H,17,18,20). The Labute approximate surface area is 116 Å².